The van der Waals surface area contributed by atoms with E-state index in [9.17, 15) is 5.11 Å². The molecule has 1 saturated heterocycles. The van der Waals surface area contributed by atoms with Gasteiger partial charge in [0.1, 0.15) is 5.82 Å². The molecule has 4 fully saturated rings. The summed E-state index contributed by atoms with van der Waals surface area (Å²) in [4.78, 5) is 14.6. The maximum Gasteiger partial charge on any atom is 0.189 e. The molecule has 12 heteroatoms. The lowest BCUT2D eigenvalue weighted by Crippen LogP contribution is -2.63. The number of aliphatic hydroxyl groups is 1. The van der Waals surface area contributed by atoms with Crippen LogP contribution in [0.2, 0.25) is 0 Å². The molecule has 300 valence electrons. The molecular formula is C45H57N9O2S. The van der Waals surface area contributed by atoms with Gasteiger partial charge in [-0.2, -0.15) is 5.10 Å². The molecular weight excluding hydrogens is 731 g/mol. The van der Waals surface area contributed by atoms with Crippen LogP contribution in [0.5, 0.6) is 0 Å². The molecule has 3 bridgehead atoms. The maximum absolute atomic E-state index is 10.7. The predicted octanol–water partition coefficient (Wildman–Crippen LogP) is 8.76. The van der Waals surface area contributed by atoms with Crippen LogP contribution in [0.25, 0.3) is 21.3 Å². The number of nitrogens with zero attached hydrogens (tertiary/aromatic N) is 8. The minimum Gasteiger partial charge on any atom is -0.390 e. The van der Waals surface area contributed by atoms with Gasteiger partial charge in [0.2, 0.25) is 0 Å². The average molecular weight is 788 g/mol. The summed E-state index contributed by atoms with van der Waals surface area (Å²) in [6.07, 6.45) is 14.0. The van der Waals surface area contributed by atoms with Gasteiger partial charge in [0.15, 0.2) is 16.8 Å². The predicted molar refractivity (Wildman–Crippen MR) is 226 cm³/mol. The van der Waals surface area contributed by atoms with Crippen molar-refractivity contribution in [1.29, 1.82) is 0 Å². The van der Waals surface area contributed by atoms with E-state index >= 15 is 0 Å². The largest absolute Gasteiger partial charge is 0.390 e. The minimum atomic E-state index is -0.163. The Hall–Kier alpha value is -3.97. The Kier molecular flexibility index (Phi) is 9.42. The molecule has 11 nitrogen and oxygen atoms in total. The first-order valence-corrected chi connectivity index (χ1v) is 22.2. The molecule has 5 unspecified atom stereocenters. The molecule has 0 radical (unpaired) electrons. The van der Waals surface area contributed by atoms with Crippen LogP contribution < -0.4 is 10.2 Å². The molecule has 10 rings (SSSR count). The van der Waals surface area contributed by atoms with E-state index in [1.807, 2.05) is 24.4 Å². The third kappa shape index (κ3) is 6.74. The summed E-state index contributed by atoms with van der Waals surface area (Å²) in [7, 11) is 0. The highest BCUT2D eigenvalue weighted by atomic mass is 32.1. The topological polar surface area (TPSA) is 117 Å². The summed E-state index contributed by atoms with van der Waals surface area (Å²) in [6.45, 7) is 15.3. The van der Waals surface area contributed by atoms with Gasteiger partial charge in [-0.1, -0.05) is 37.3 Å². The Labute approximate surface area is 340 Å². The first kappa shape index (κ1) is 37.3. The van der Waals surface area contributed by atoms with Crippen molar-refractivity contribution < 1.29 is 9.84 Å². The van der Waals surface area contributed by atoms with Crippen LogP contribution in [-0.4, -0.2) is 78.3 Å². The highest BCUT2D eigenvalue weighted by Gasteiger charge is 2.63. The van der Waals surface area contributed by atoms with Crippen molar-refractivity contribution in [2.24, 2.45) is 22.7 Å². The third-order valence-corrected chi connectivity index (χ3v) is 15.4. The molecule has 3 saturated carbocycles. The average Bonchev–Trinajstić information content (AvgIpc) is 3.95. The summed E-state index contributed by atoms with van der Waals surface area (Å²) >= 11 is 1.62. The van der Waals surface area contributed by atoms with Gasteiger partial charge in [-0.3, -0.25) is 4.68 Å². The van der Waals surface area contributed by atoms with Gasteiger partial charge >= 0.3 is 0 Å². The van der Waals surface area contributed by atoms with Crippen molar-refractivity contribution in [2.45, 2.75) is 111 Å². The van der Waals surface area contributed by atoms with Gasteiger partial charge in [0, 0.05) is 47.6 Å². The number of anilines is 4. The van der Waals surface area contributed by atoms with Gasteiger partial charge in [-0.15, -0.1) is 10.2 Å². The molecule has 5 aromatic rings. The molecule has 4 aromatic heterocycles. The molecule has 57 heavy (non-hydrogen) atoms. The molecule has 6 heterocycles. The summed E-state index contributed by atoms with van der Waals surface area (Å²) < 4.78 is 10.6. The summed E-state index contributed by atoms with van der Waals surface area (Å²) in [5, 5.41) is 29.4. The zero-order valence-corrected chi connectivity index (χ0v) is 34.9. The van der Waals surface area contributed by atoms with Crippen molar-refractivity contribution in [3.8, 4) is 11.1 Å². The lowest BCUT2D eigenvalue weighted by Gasteiger charge is -2.66. The number of para-hydroxylation sites is 1. The standard InChI is InChI=1S/C45H57N9O2S/c1-29-32-10-9-19-53(41(32)51-50-40(29)49-42-48-36-11-5-6-12-38(36)57-42)39-14-13-33(37(25-55)47-39)34-23-46-54(30(34)2)24-31-22-44(4)26-43(3)16-15-35(31)45(27-43,28-44)56-21-20-52-17-7-8-18-52/h5-6,11-14,23,31,35,55H,7-10,15-22,24-28H2,1-4H3,(H,48,49,50). The van der Waals surface area contributed by atoms with Crippen molar-refractivity contribution in [1.82, 2.24) is 34.8 Å². The van der Waals surface area contributed by atoms with Gasteiger partial charge in [-0.05, 0) is 138 Å². The number of rotatable bonds is 11. The van der Waals surface area contributed by atoms with Gasteiger partial charge in [0.05, 0.1) is 40.9 Å². The fourth-order valence-electron chi connectivity index (χ4n) is 12.3. The fraction of sp³-hybridized carbons (Fsp3) is 0.578. The van der Waals surface area contributed by atoms with Crippen LogP contribution in [0.3, 0.4) is 0 Å². The van der Waals surface area contributed by atoms with E-state index in [0.717, 1.165) is 99.8 Å². The Morgan fingerprint density at radius 3 is 2.63 bits per heavy atom. The number of pyridine rings is 1. The van der Waals surface area contributed by atoms with E-state index in [4.69, 9.17) is 24.9 Å². The van der Waals surface area contributed by atoms with Gasteiger partial charge < -0.3 is 25.0 Å². The maximum atomic E-state index is 10.7. The van der Waals surface area contributed by atoms with Crippen LogP contribution in [0, 0.1) is 36.5 Å². The number of fused-ring (bicyclic) bond motifs is 4. The number of hydrogen-bond donors (Lipinski definition) is 2. The summed E-state index contributed by atoms with van der Waals surface area (Å²) in [6, 6.07) is 12.3. The van der Waals surface area contributed by atoms with Crippen LogP contribution in [0.1, 0.15) is 94.1 Å². The second-order valence-corrected chi connectivity index (χ2v) is 19.7. The van der Waals surface area contributed by atoms with Crippen molar-refractivity contribution in [3.63, 3.8) is 0 Å². The number of thiazole rings is 1. The molecule has 0 amide bonds. The quantitative estimate of drug-likeness (QED) is 0.135. The number of aliphatic hydroxyl groups excluding tert-OH is 1. The molecule has 5 aliphatic rings. The normalized spacial score (nSPS) is 28.3. The molecule has 5 atom stereocenters. The van der Waals surface area contributed by atoms with E-state index in [1.165, 1.54) is 64.5 Å². The summed E-state index contributed by atoms with van der Waals surface area (Å²) in [5.74, 6) is 3.40. The Morgan fingerprint density at radius 1 is 0.947 bits per heavy atom. The number of aromatic nitrogens is 6. The highest BCUT2D eigenvalue weighted by molar-refractivity contribution is 7.22. The monoisotopic (exact) mass is 787 g/mol. The van der Waals surface area contributed by atoms with E-state index < -0.39 is 0 Å². The van der Waals surface area contributed by atoms with E-state index in [-0.39, 0.29) is 12.2 Å². The van der Waals surface area contributed by atoms with Crippen molar-refractivity contribution >= 4 is 44.1 Å². The Bertz CT molecular complexity index is 2260. The lowest BCUT2D eigenvalue weighted by molar-refractivity contribution is -0.237. The SMILES string of the molecule is Cc1c(Nc2nc3ccccc3s2)nnc2c1CCCN2c1ccc(-c2cnn(CC3CC4(C)CC5(C)CCC3C(OCCN3CCCC3)(C5)C4)c2C)c(CO)n1. The number of benzene rings is 1. The second kappa shape index (κ2) is 14.4. The number of ether oxygens (including phenoxy) is 1. The van der Waals surface area contributed by atoms with Gasteiger partial charge in [-0.25, -0.2) is 9.97 Å². The van der Waals surface area contributed by atoms with Crippen LogP contribution in [0.4, 0.5) is 22.6 Å². The first-order valence-electron chi connectivity index (χ1n) is 21.4. The summed E-state index contributed by atoms with van der Waals surface area (Å²) in [5.41, 5.74) is 7.60. The second-order valence-electron chi connectivity index (χ2n) is 18.7. The van der Waals surface area contributed by atoms with Crippen LogP contribution in [-0.2, 0) is 24.3 Å². The van der Waals surface area contributed by atoms with Gasteiger partial charge in [0.25, 0.3) is 0 Å². The minimum absolute atomic E-state index is 0.0270. The fourth-order valence-corrected chi connectivity index (χ4v) is 13.2. The number of likely N-dealkylation sites (tertiary alicyclic amines) is 1. The van der Waals surface area contributed by atoms with Crippen LogP contribution in [0.15, 0.2) is 42.6 Å². The zero-order valence-electron chi connectivity index (χ0n) is 34.1. The Morgan fingerprint density at radius 2 is 1.79 bits per heavy atom. The molecule has 3 aliphatic carbocycles. The van der Waals surface area contributed by atoms with E-state index in [2.05, 4.69) is 70.8 Å². The molecule has 0 spiro atoms. The van der Waals surface area contributed by atoms with Crippen molar-refractivity contribution in [3.05, 3.63) is 65.1 Å². The van der Waals surface area contributed by atoms with E-state index in [1.54, 1.807) is 11.3 Å². The highest BCUT2D eigenvalue weighted by Crippen LogP contribution is 2.67. The Balaban J connectivity index is 0.885. The lowest BCUT2D eigenvalue weighted by atomic mass is 9.43. The van der Waals surface area contributed by atoms with E-state index in [0.29, 0.717) is 28.4 Å². The molecule has 2 aliphatic heterocycles. The molecule has 2 N–H and O–H groups in total. The van der Waals surface area contributed by atoms with Crippen molar-refractivity contribution in [2.75, 3.05) is 43.0 Å². The number of hydrogen-bond acceptors (Lipinski definition) is 11. The first-order chi connectivity index (χ1) is 27.6. The zero-order chi connectivity index (χ0) is 38.9. The number of nitrogens with one attached hydrogen (secondary N) is 1. The third-order valence-electron chi connectivity index (χ3n) is 14.5. The molecule has 1 aromatic carbocycles. The van der Waals surface area contributed by atoms with Crippen LogP contribution >= 0.6 is 11.3 Å². The smallest absolute Gasteiger partial charge is 0.189 e.